The third kappa shape index (κ3) is 4.63. The molecule has 0 radical (unpaired) electrons. The highest BCUT2D eigenvalue weighted by molar-refractivity contribution is 6.07. The van der Waals surface area contributed by atoms with Crippen molar-refractivity contribution in [3.05, 3.63) is 60.2 Å². The first kappa shape index (κ1) is 18.4. The van der Waals surface area contributed by atoms with Gasteiger partial charge in [0, 0.05) is 5.69 Å². The second-order valence-corrected chi connectivity index (χ2v) is 6.23. The number of urea groups is 1. The summed E-state index contributed by atoms with van der Waals surface area (Å²) in [5.74, 6) is -0.142. The SMILES string of the molecule is COc1ccc(NC(=O)CN2C(=O)N[C@H](CCc3ccccc3)C2=O)cc1. The molecule has 0 bridgehead atoms. The van der Waals surface area contributed by atoms with Crippen molar-refractivity contribution in [1.29, 1.82) is 0 Å². The topological polar surface area (TPSA) is 87.7 Å². The zero-order chi connectivity index (χ0) is 19.2. The van der Waals surface area contributed by atoms with E-state index in [2.05, 4.69) is 10.6 Å². The van der Waals surface area contributed by atoms with Gasteiger partial charge in [-0.2, -0.15) is 0 Å². The standard InChI is InChI=1S/C20H21N3O4/c1-27-16-10-8-15(9-11-16)21-18(24)13-23-19(25)17(22-20(23)26)12-7-14-5-3-2-4-6-14/h2-6,8-11,17H,7,12-13H2,1H3,(H,21,24)(H,22,26)/t17-/m1/s1. The second kappa shape index (κ2) is 8.35. The molecule has 0 spiro atoms. The van der Waals surface area contributed by atoms with Crippen LogP contribution in [0.1, 0.15) is 12.0 Å². The Kier molecular flexibility index (Phi) is 5.71. The molecule has 2 aromatic carbocycles. The van der Waals surface area contributed by atoms with Crippen molar-refractivity contribution in [1.82, 2.24) is 10.2 Å². The van der Waals surface area contributed by atoms with E-state index >= 15 is 0 Å². The van der Waals surface area contributed by atoms with Crippen molar-refractivity contribution < 1.29 is 19.1 Å². The minimum absolute atomic E-state index is 0.321. The predicted molar refractivity (Wildman–Crippen MR) is 100 cm³/mol. The summed E-state index contributed by atoms with van der Waals surface area (Å²) in [6.07, 6.45) is 1.16. The number of hydrogen-bond donors (Lipinski definition) is 2. The number of hydrogen-bond acceptors (Lipinski definition) is 4. The fourth-order valence-corrected chi connectivity index (χ4v) is 2.90. The van der Waals surface area contributed by atoms with Crippen LogP contribution in [0, 0.1) is 0 Å². The lowest BCUT2D eigenvalue weighted by molar-refractivity contribution is -0.130. The van der Waals surface area contributed by atoms with E-state index in [-0.39, 0.29) is 12.5 Å². The Labute approximate surface area is 157 Å². The van der Waals surface area contributed by atoms with Gasteiger partial charge >= 0.3 is 6.03 Å². The van der Waals surface area contributed by atoms with Crippen molar-refractivity contribution >= 4 is 23.5 Å². The maximum atomic E-state index is 12.5. The first-order valence-corrected chi connectivity index (χ1v) is 8.66. The third-order valence-electron chi connectivity index (χ3n) is 4.35. The lowest BCUT2D eigenvalue weighted by atomic mass is 10.1. The molecule has 1 saturated heterocycles. The Morgan fingerprint density at radius 1 is 1.11 bits per heavy atom. The van der Waals surface area contributed by atoms with Crippen molar-refractivity contribution in [2.45, 2.75) is 18.9 Å². The first-order chi connectivity index (χ1) is 13.1. The van der Waals surface area contributed by atoms with E-state index in [0.717, 1.165) is 10.5 Å². The number of rotatable bonds is 7. The second-order valence-electron chi connectivity index (χ2n) is 6.23. The number of benzene rings is 2. The molecule has 2 N–H and O–H groups in total. The lowest BCUT2D eigenvalue weighted by Gasteiger charge is -2.13. The van der Waals surface area contributed by atoms with Crippen LogP contribution >= 0.6 is 0 Å². The van der Waals surface area contributed by atoms with Gasteiger partial charge in [-0.1, -0.05) is 30.3 Å². The number of amides is 4. The number of nitrogens with zero attached hydrogens (tertiary/aromatic N) is 1. The van der Waals surface area contributed by atoms with Crippen molar-refractivity contribution in [3.63, 3.8) is 0 Å². The summed E-state index contributed by atoms with van der Waals surface area (Å²) in [7, 11) is 1.55. The number of nitrogens with one attached hydrogen (secondary N) is 2. The van der Waals surface area contributed by atoms with E-state index in [9.17, 15) is 14.4 Å². The van der Waals surface area contributed by atoms with E-state index in [1.54, 1.807) is 31.4 Å². The number of aryl methyl sites for hydroxylation is 1. The van der Waals surface area contributed by atoms with Crippen LogP contribution in [-0.2, 0) is 16.0 Å². The fourth-order valence-electron chi connectivity index (χ4n) is 2.90. The van der Waals surface area contributed by atoms with E-state index in [1.807, 2.05) is 30.3 Å². The van der Waals surface area contributed by atoms with Crippen LogP contribution in [0.15, 0.2) is 54.6 Å². The molecular formula is C20H21N3O4. The van der Waals surface area contributed by atoms with Gasteiger partial charge in [0.15, 0.2) is 0 Å². The predicted octanol–water partition coefficient (Wildman–Crippen LogP) is 2.19. The zero-order valence-electron chi connectivity index (χ0n) is 15.0. The monoisotopic (exact) mass is 367 g/mol. The number of carbonyl (C=O) groups is 3. The Morgan fingerprint density at radius 2 is 1.81 bits per heavy atom. The average Bonchev–Trinajstić information content (AvgIpc) is 2.95. The van der Waals surface area contributed by atoms with Gasteiger partial charge in [-0.25, -0.2) is 4.79 Å². The molecule has 1 fully saturated rings. The van der Waals surface area contributed by atoms with Crippen LogP contribution < -0.4 is 15.4 Å². The highest BCUT2D eigenvalue weighted by Gasteiger charge is 2.38. The number of anilines is 1. The molecule has 4 amide bonds. The molecule has 0 saturated carbocycles. The molecule has 2 aromatic rings. The normalized spacial score (nSPS) is 16.2. The summed E-state index contributed by atoms with van der Waals surface area (Å²) in [6, 6.07) is 15.4. The first-order valence-electron chi connectivity index (χ1n) is 8.66. The number of methoxy groups -OCH3 is 1. The van der Waals surface area contributed by atoms with Gasteiger partial charge in [0.2, 0.25) is 5.91 Å². The number of ether oxygens (including phenoxy) is 1. The van der Waals surface area contributed by atoms with Crippen LogP contribution in [0.2, 0.25) is 0 Å². The summed E-state index contributed by atoms with van der Waals surface area (Å²) in [4.78, 5) is 37.7. The van der Waals surface area contributed by atoms with E-state index in [0.29, 0.717) is 24.3 Å². The number of carbonyl (C=O) groups excluding carboxylic acids is 3. The van der Waals surface area contributed by atoms with Crippen LogP contribution in [0.4, 0.5) is 10.5 Å². The van der Waals surface area contributed by atoms with Crippen LogP contribution in [0.25, 0.3) is 0 Å². The Balaban J connectivity index is 1.53. The minimum atomic E-state index is -0.605. The molecule has 1 heterocycles. The maximum Gasteiger partial charge on any atom is 0.325 e. The average molecular weight is 367 g/mol. The molecule has 7 heteroatoms. The summed E-state index contributed by atoms with van der Waals surface area (Å²) >= 11 is 0. The van der Waals surface area contributed by atoms with Gasteiger partial charge in [0.1, 0.15) is 18.3 Å². The highest BCUT2D eigenvalue weighted by atomic mass is 16.5. The van der Waals surface area contributed by atoms with Crippen molar-refractivity contribution in [2.75, 3.05) is 19.0 Å². The molecule has 1 atom stereocenters. The Hall–Kier alpha value is -3.35. The molecule has 27 heavy (non-hydrogen) atoms. The Bertz CT molecular complexity index is 821. The molecule has 7 nitrogen and oxygen atoms in total. The van der Waals surface area contributed by atoms with Gasteiger partial charge in [0.05, 0.1) is 7.11 Å². The summed E-state index contributed by atoms with van der Waals surface area (Å²) in [5, 5.41) is 5.31. The summed E-state index contributed by atoms with van der Waals surface area (Å²) in [5.41, 5.74) is 1.66. The van der Waals surface area contributed by atoms with Crippen molar-refractivity contribution in [2.24, 2.45) is 0 Å². The number of imide groups is 1. The lowest BCUT2D eigenvalue weighted by Crippen LogP contribution is -2.38. The van der Waals surface area contributed by atoms with Gasteiger partial charge < -0.3 is 15.4 Å². The maximum absolute atomic E-state index is 12.5. The summed E-state index contributed by atoms with van der Waals surface area (Å²) < 4.78 is 5.06. The van der Waals surface area contributed by atoms with Gasteiger partial charge in [-0.15, -0.1) is 0 Å². The minimum Gasteiger partial charge on any atom is -0.497 e. The van der Waals surface area contributed by atoms with Gasteiger partial charge in [-0.3, -0.25) is 14.5 Å². The Morgan fingerprint density at radius 3 is 2.48 bits per heavy atom. The largest absolute Gasteiger partial charge is 0.497 e. The third-order valence-corrected chi connectivity index (χ3v) is 4.35. The molecule has 1 aliphatic rings. The molecule has 0 aliphatic carbocycles. The van der Waals surface area contributed by atoms with Crippen LogP contribution in [-0.4, -0.2) is 42.4 Å². The smallest absolute Gasteiger partial charge is 0.325 e. The zero-order valence-corrected chi connectivity index (χ0v) is 15.0. The van der Waals surface area contributed by atoms with Gasteiger partial charge in [-0.05, 0) is 42.7 Å². The molecule has 0 aromatic heterocycles. The molecule has 0 unspecified atom stereocenters. The fraction of sp³-hybridized carbons (Fsp3) is 0.250. The van der Waals surface area contributed by atoms with Crippen LogP contribution in [0.3, 0.4) is 0 Å². The van der Waals surface area contributed by atoms with E-state index < -0.39 is 18.0 Å². The van der Waals surface area contributed by atoms with E-state index in [1.165, 1.54) is 0 Å². The highest BCUT2D eigenvalue weighted by Crippen LogP contribution is 2.16. The molecule has 140 valence electrons. The molecule has 1 aliphatic heterocycles. The van der Waals surface area contributed by atoms with Crippen LogP contribution in [0.5, 0.6) is 5.75 Å². The van der Waals surface area contributed by atoms with Crippen molar-refractivity contribution in [3.8, 4) is 5.75 Å². The summed E-state index contributed by atoms with van der Waals surface area (Å²) in [6.45, 7) is -0.321. The molecule has 3 rings (SSSR count). The van der Waals surface area contributed by atoms with E-state index in [4.69, 9.17) is 4.74 Å². The molecular weight excluding hydrogens is 346 g/mol. The van der Waals surface area contributed by atoms with Gasteiger partial charge in [0.25, 0.3) is 5.91 Å². The quantitative estimate of drug-likeness (QED) is 0.735.